The molecule has 156 valence electrons. The minimum Gasteiger partial charge on any atom is -0.497 e. The van der Waals surface area contributed by atoms with Crippen LogP contribution in [-0.2, 0) is 19.6 Å². The van der Waals surface area contributed by atoms with E-state index in [1.54, 1.807) is 37.3 Å². The summed E-state index contributed by atoms with van der Waals surface area (Å²) in [6, 6.07) is 10.1. The summed E-state index contributed by atoms with van der Waals surface area (Å²) in [6.45, 7) is 3.24. The third-order valence-electron chi connectivity index (χ3n) is 4.31. The van der Waals surface area contributed by atoms with Crippen molar-refractivity contribution in [2.75, 3.05) is 30.1 Å². The van der Waals surface area contributed by atoms with Crippen molar-refractivity contribution in [1.29, 1.82) is 0 Å². The van der Waals surface area contributed by atoms with Gasteiger partial charge in [0.15, 0.2) is 0 Å². The minimum atomic E-state index is -3.77. The highest BCUT2D eigenvalue weighted by molar-refractivity contribution is 7.92. The third kappa shape index (κ3) is 5.26. The van der Waals surface area contributed by atoms with E-state index in [9.17, 15) is 18.0 Å². The monoisotopic (exact) mass is 420 g/mol. The van der Waals surface area contributed by atoms with Gasteiger partial charge >= 0.3 is 5.97 Å². The number of anilines is 2. The number of nitrogens with one attached hydrogen (secondary N) is 1. The van der Waals surface area contributed by atoms with E-state index in [1.165, 1.54) is 33.3 Å². The van der Waals surface area contributed by atoms with E-state index in [0.29, 0.717) is 22.7 Å². The second-order valence-corrected chi connectivity index (χ2v) is 8.31. The molecule has 0 aromatic heterocycles. The number of hydrogen-bond acceptors (Lipinski definition) is 6. The van der Waals surface area contributed by atoms with Crippen molar-refractivity contribution >= 4 is 33.3 Å². The van der Waals surface area contributed by atoms with Gasteiger partial charge in [-0.25, -0.2) is 13.2 Å². The highest BCUT2D eigenvalue weighted by atomic mass is 32.2. The lowest BCUT2D eigenvalue weighted by Gasteiger charge is -2.28. The summed E-state index contributed by atoms with van der Waals surface area (Å²) in [4.78, 5) is 24.6. The molecular weight excluding hydrogens is 396 g/mol. The zero-order valence-electron chi connectivity index (χ0n) is 16.9. The van der Waals surface area contributed by atoms with E-state index >= 15 is 0 Å². The molecule has 8 nitrogen and oxygen atoms in total. The summed E-state index contributed by atoms with van der Waals surface area (Å²) in [7, 11) is -1.04. The maximum Gasteiger partial charge on any atom is 0.337 e. The van der Waals surface area contributed by atoms with Gasteiger partial charge in [-0.3, -0.25) is 9.10 Å². The van der Waals surface area contributed by atoms with Crippen LogP contribution in [0.1, 0.15) is 22.8 Å². The topological polar surface area (TPSA) is 102 Å². The number of rotatable bonds is 7. The number of benzene rings is 2. The van der Waals surface area contributed by atoms with Crippen molar-refractivity contribution in [3.63, 3.8) is 0 Å². The molecule has 0 aliphatic heterocycles. The smallest absolute Gasteiger partial charge is 0.337 e. The summed E-state index contributed by atoms with van der Waals surface area (Å²) in [6.07, 6.45) is 1.03. The zero-order chi connectivity index (χ0) is 21.8. The van der Waals surface area contributed by atoms with Crippen LogP contribution in [0, 0.1) is 6.92 Å². The van der Waals surface area contributed by atoms with Gasteiger partial charge in [0.1, 0.15) is 11.8 Å². The fourth-order valence-electron chi connectivity index (χ4n) is 2.80. The molecule has 1 amide bonds. The highest BCUT2D eigenvalue weighted by Crippen LogP contribution is 2.26. The van der Waals surface area contributed by atoms with E-state index in [4.69, 9.17) is 9.47 Å². The first kappa shape index (κ1) is 22.2. The average Bonchev–Trinajstić information content (AvgIpc) is 2.68. The molecule has 1 atom stereocenters. The van der Waals surface area contributed by atoms with Crippen LogP contribution in [0.5, 0.6) is 5.75 Å². The zero-order valence-corrected chi connectivity index (χ0v) is 17.7. The van der Waals surface area contributed by atoms with Crippen LogP contribution in [0.4, 0.5) is 11.4 Å². The molecule has 0 saturated heterocycles. The first-order valence-electron chi connectivity index (χ1n) is 8.71. The Hall–Kier alpha value is -3.07. The number of hydrogen-bond donors (Lipinski definition) is 1. The largest absolute Gasteiger partial charge is 0.497 e. The molecule has 0 aliphatic rings. The molecular formula is C20H24N2O6S. The van der Waals surface area contributed by atoms with Crippen molar-refractivity contribution in [2.45, 2.75) is 19.9 Å². The molecule has 0 spiro atoms. The quantitative estimate of drug-likeness (QED) is 0.691. The number of esters is 1. The Morgan fingerprint density at radius 2 is 1.79 bits per heavy atom. The highest BCUT2D eigenvalue weighted by Gasteiger charge is 2.29. The molecule has 2 rings (SSSR count). The van der Waals surface area contributed by atoms with Gasteiger partial charge in [0.2, 0.25) is 15.9 Å². The van der Waals surface area contributed by atoms with Gasteiger partial charge < -0.3 is 14.8 Å². The van der Waals surface area contributed by atoms with Gasteiger partial charge in [0, 0.05) is 11.8 Å². The Balaban J connectivity index is 2.36. The molecule has 2 aromatic rings. The fraction of sp³-hybridized carbons (Fsp3) is 0.300. The number of sulfonamides is 1. The molecule has 0 unspecified atom stereocenters. The van der Waals surface area contributed by atoms with Gasteiger partial charge in [-0.2, -0.15) is 0 Å². The van der Waals surface area contributed by atoms with Gasteiger partial charge in [-0.1, -0.05) is 12.1 Å². The van der Waals surface area contributed by atoms with Gasteiger partial charge in [-0.05, 0) is 43.7 Å². The molecule has 0 bridgehead atoms. The average molecular weight is 420 g/mol. The Labute approximate surface area is 170 Å². The minimum absolute atomic E-state index is 0.272. The summed E-state index contributed by atoms with van der Waals surface area (Å²) >= 11 is 0. The Kier molecular flexibility index (Phi) is 6.86. The van der Waals surface area contributed by atoms with Crippen LogP contribution in [0.3, 0.4) is 0 Å². The summed E-state index contributed by atoms with van der Waals surface area (Å²) in [5.41, 5.74) is 1.68. The number of carbonyl (C=O) groups is 2. The van der Waals surface area contributed by atoms with Crippen LogP contribution in [0.15, 0.2) is 42.5 Å². The van der Waals surface area contributed by atoms with Gasteiger partial charge in [0.05, 0.1) is 31.7 Å². The predicted octanol–water partition coefficient (Wildman–Crippen LogP) is 2.58. The molecule has 0 radical (unpaired) electrons. The third-order valence-corrected chi connectivity index (χ3v) is 5.55. The number of nitrogens with zero attached hydrogens (tertiary/aromatic N) is 1. The van der Waals surface area contributed by atoms with E-state index in [-0.39, 0.29) is 5.56 Å². The molecule has 1 N–H and O–H groups in total. The molecule has 0 fully saturated rings. The summed E-state index contributed by atoms with van der Waals surface area (Å²) in [5, 5.41) is 2.70. The summed E-state index contributed by atoms with van der Waals surface area (Å²) < 4.78 is 35.7. The fourth-order valence-corrected chi connectivity index (χ4v) is 3.96. The van der Waals surface area contributed by atoms with E-state index < -0.39 is 27.9 Å². The molecule has 9 heteroatoms. The van der Waals surface area contributed by atoms with Crippen molar-refractivity contribution < 1.29 is 27.5 Å². The second-order valence-electron chi connectivity index (χ2n) is 6.45. The maximum absolute atomic E-state index is 12.9. The number of amides is 1. The lowest BCUT2D eigenvalue weighted by Crippen LogP contribution is -2.45. The van der Waals surface area contributed by atoms with E-state index in [0.717, 1.165) is 10.6 Å². The molecule has 0 saturated carbocycles. The van der Waals surface area contributed by atoms with Crippen molar-refractivity contribution in [3.8, 4) is 5.75 Å². The van der Waals surface area contributed by atoms with Crippen LogP contribution in [0.25, 0.3) is 0 Å². The lowest BCUT2D eigenvalue weighted by atomic mass is 10.1. The van der Waals surface area contributed by atoms with Crippen LogP contribution >= 0.6 is 0 Å². The Morgan fingerprint density at radius 1 is 1.10 bits per heavy atom. The molecule has 29 heavy (non-hydrogen) atoms. The van der Waals surface area contributed by atoms with E-state index in [2.05, 4.69) is 5.32 Å². The second kappa shape index (κ2) is 8.95. The Bertz CT molecular complexity index is 1020. The van der Waals surface area contributed by atoms with Gasteiger partial charge in [0.25, 0.3) is 0 Å². The SMILES string of the molecule is COC(=O)c1ccc(C)c(NC(=O)[C@H](C)N(c2cccc(OC)c2)S(C)(=O)=O)c1. The van der Waals surface area contributed by atoms with Crippen molar-refractivity contribution in [1.82, 2.24) is 0 Å². The maximum atomic E-state index is 12.9. The predicted molar refractivity (Wildman–Crippen MR) is 111 cm³/mol. The number of carbonyl (C=O) groups excluding carboxylic acids is 2. The molecule has 0 aliphatic carbocycles. The number of ether oxygens (including phenoxy) is 2. The van der Waals surface area contributed by atoms with E-state index in [1.807, 2.05) is 0 Å². The number of methoxy groups -OCH3 is 2. The number of aryl methyl sites for hydroxylation is 1. The Morgan fingerprint density at radius 3 is 2.38 bits per heavy atom. The van der Waals surface area contributed by atoms with Crippen LogP contribution < -0.4 is 14.4 Å². The summed E-state index contributed by atoms with van der Waals surface area (Å²) in [5.74, 6) is -0.628. The van der Waals surface area contributed by atoms with Crippen molar-refractivity contribution in [2.24, 2.45) is 0 Å². The first-order chi connectivity index (χ1) is 13.6. The van der Waals surface area contributed by atoms with Crippen molar-refractivity contribution in [3.05, 3.63) is 53.6 Å². The lowest BCUT2D eigenvalue weighted by molar-refractivity contribution is -0.116. The normalized spacial score (nSPS) is 12.0. The standard InChI is InChI=1S/C20H24N2O6S/c1-13-9-10-15(20(24)28-4)11-18(13)21-19(23)14(2)22(29(5,25)26)16-7-6-8-17(12-16)27-3/h6-12,14H,1-5H3,(H,21,23)/t14-/m0/s1. The first-order valence-corrected chi connectivity index (χ1v) is 10.6. The van der Waals surface area contributed by atoms with Crippen LogP contribution in [-0.4, -0.2) is 46.8 Å². The molecule has 0 heterocycles. The van der Waals surface area contributed by atoms with Crippen LogP contribution in [0.2, 0.25) is 0 Å². The molecule has 2 aromatic carbocycles. The van der Waals surface area contributed by atoms with Gasteiger partial charge in [-0.15, -0.1) is 0 Å².